The number of hydrogen-bond donors (Lipinski definition) is 1. The largest absolute Gasteiger partial charge is 0.398 e. The fraction of sp³-hybridized carbons (Fsp3) is 0.357. The van der Waals surface area contributed by atoms with Gasteiger partial charge in [-0.25, -0.2) is 0 Å². The summed E-state index contributed by atoms with van der Waals surface area (Å²) in [4.78, 5) is 6.81. The van der Waals surface area contributed by atoms with Gasteiger partial charge in [0.05, 0.1) is 5.52 Å². The minimum Gasteiger partial charge on any atom is -0.398 e. The number of hydrogen-bond acceptors (Lipinski definition) is 3. The molecule has 17 heavy (non-hydrogen) atoms. The molecule has 1 aliphatic carbocycles. The average Bonchev–Trinajstić information content (AvgIpc) is 2.77. The molecule has 3 rings (SSSR count). The van der Waals surface area contributed by atoms with E-state index in [0.29, 0.717) is 0 Å². The molecule has 0 spiro atoms. The number of nitrogens with two attached hydrogens (primary N) is 1. The summed E-state index contributed by atoms with van der Waals surface area (Å²) in [5, 5.41) is 1.09. The van der Waals surface area contributed by atoms with E-state index in [4.69, 9.17) is 10.7 Å². The molecule has 0 bridgehead atoms. The number of anilines is 2. The first-order valence-corrected chi connectivity index (χ1v) is 6.05. The van der Waals surface area contributed by atoms with Crippen LogP contribution in [-0.2, 0) is 12.8 Å². The van der Waals surface area contributed by atoms with Crippen LogP contribution < -0.4 is 10.6 Å². The second kappa shape index (κ2) is 3.62. The molecule has 0 fully saturated rings. The van der Waals surface area contributed by atoms with Crippen molar-refractivity contribution in [2.24, 2.45) is 0 Å². The molecule has 0 unspecified atom stereocenters. The van der Waals surface area contributed by atoms with E-state index >= 15 is 0 Å². The van der Waals surface area contributed by atoms with Crippen molar-refractivity contribution in [3.8, 4) is 0 Å². The Hall–Kier alpha value is -1.77. The summed E-state index contributed by atoms with van der Waals surface area (Å²) in [6.45, 7) is 0. The van der Waals surface area contributed by atoms with Gasteiger partial charge in [-0.3, -0.25) is 4.98 Å². The van der Waals surface area contributed by atoms with Crippen molar-refractivity contribution in [1.82, 2.24) is 4.98 Å². The number of aryl methyl sites for hydroxylation is 1. The second-order valence-electron chi connectivity index (χ2n) is 4.90. The van der Waals surface area contributed by atoms with E-state index in [0.717, 1.165) is 29.4 Å². The Morgan fingerprint density at radius 3 is 2.82 bits per heavy atom. The van der Waals surface area contributed by atoms with Crippen molar-refractivity contribution in [2.45, 2.75) is 19.3 Å². The van der Waals surface area contributed by atoms with E-state index in [1.807, 2.05) is 14.1 Å². The molecule has 0 saturated carbocycles. The zero-order valence-electron chi connectivity index (χ0n) is 10.3. The molecule has 0 saturated heterocycles. The first-order chi connectivity index (χ1) is 8.16. The Morgan fingerprint density at radius 1 is 1.24 bits per heavy atom. The van der Waals surface area contributed by atoms with Gasteiger partial charge >= 0.3 is 0 Å². The highest BCUT2D eigenvalue weighted by Gasteiger charge is 2.17. The summed E-state index contributed by atoms with van der Waals surface area (Å²) in [6, 6.07) is 6.30. The number of rotatable bonds is 1. The molecule has 3 heteroatoms. The molecule has 3 nitrogen and oxygen atoms in total. The lowest BCUT2D eigenvalue weighted by Crippen LogP contribution is -2.08. The maximum absolute atomic E-state index is 6.28. The van der Waals surface area contributed by atoms with Crippen LogP contribution in [0.15, 0.2) is 18.2 Å². The molecular formula is C14H17N3. The van der Waals surface area contributed by atoms with Crippen LogP contribution in [0.4, 0.5) is 11.4 Å². The second-order valence-corrected chi connectivity index (χ2v) is 4.90. The number of pyridine rings is 1. The molecule has 1 aromatic heterocycles. The van der Waals surface area contributed by atoms with E-state index in [1.54, 1.807) is 0 Å². The van der Waals surface area contributed by atoms with Crippen molar-refractivity contribution in [2.75, 3.05) is 24.7 Å². The molecule has 0 radical (unpaired) electrons. The third-order valence-electron chi connectivity index (χ3n) is 3.56. The standard InChI is InChI=1S/C14H17N3/c1-17(2)9-6-7-13-11(8-9)14(15)10-4-3-5-12(10)16-13/h6-8H,3-5H2,1-2H3,(H2,15,16). The zero-order valence-corrected chi connectivity index (χ0v) is 10.3. The van der Waals surface area contributed by atoms with E-state index < -0.39 is 0 Å². The maximum atomic E-state index is 6.28. The number of aromatic nitrogens is 1. The van der Waals surface area contributed by atoms with Crippen LogP contribution in [0.5, 0.6) is 0 Å². The summed E-state index contributed by atoms with van der Waals surface area (Å²) in [5.74, 6) is 0. The highest BCUT2D eigenvalue weighted by atomic mass is 15.1. The Balaban J connectivity index is 2.29. The number of fused-ring (bicyclic) bond motifs is 2. The Labute approximate surface area is 101 Å². The molecule has 1 aliphatic rings. The maximum Gasteiger partial charge on any atom is 0.0727 e. The highest BCUT2D eigenvalue weighted by Crippen LogP contribution is 2.33. The number of nitrogens with zero attached hydrogens (tertiary/aromatic N) is 2. The minimum atomic E-state index is 0.936. The predicted octanol–water partition coefficient (Wildman–Crippen LogP) is 2.37. The van der Waals surface area contributed by atoms with Gasteiger partial charge in [-0.1, -0.05) is 0 Å². The average molecular weight is 227 g/mol. The quantitative estimate of drug-likeness (QED) is 0.813. The monoisotopic (exact) mass is 227 g/mol. The van der Waals surface area contributed by atoms with Gasteiger partial charge in [-0.05, 0) is 43.0 Å². The smallest absolute Gasteiger partial charge is 0.0727 e. The fourth-order valence-corrected chi connectivity index (χ4v) is 2.56. The van der Waals surface area contributed by atoms with Crippen LogP contribution in [0.3, 0.4) is 0 Å². The topological polar surface area (TPSA) is 42.2 Å². The Bertz CT molecular complexity index is 588. The van der Waals surface area contributed by atoms with E-state index in [9.17, 15) is 0 Å². The normalized spacial score (nSPS) is 14.0. The van der Waals surface area contributed by atoms with Gasteiger partial charge in [-0.2, -0.15) is 0 Å². The third kappa shape index (κ3) is 1.54. The summed E-state index contributed by atoms with van der Waals surface area (Å²) >= 11 is 0. The van der Waals surface area contributed by atoms with Gasteiger partial charge < -0.3 is 10.6 Å². The lowest BCUT2D eigenvalue weighted by atomic mass is 10.1. The van der Waals surface area contributed by atoms with Gasteiger partial charge in [0.15, 0.2) is 0 Å². The molecule has 88 valence electrons. The van der Waals surface area contributed by atoms with Crippen LogP contribution in [0.2, 0.25) is 0 Å². The SMILES string of the molecule is CN(C)c1ccc2nc3c(c(N)c2c1)CCC3. The number of benzene rings is 1. The summed E-state index contributed by atoms with van der Waals surface area (Å²) in [6.07, 6.45) is 3.34. The van der Waals surface area contributed by atoms with Crippen molar-refractivity contribution in [3.05, 3.63) is 29.5 Å². The Morgan fingerprint density at radius 2 is 2.06 bits per heavy atom. The lowest BCUT2D eigenvalue weighted by molar-refractivity contribution is 0.901. The predicted molar refractivity (Wildman–Crippen MR) is 72.5 cm³/mol. The molecule has 0 aliphatic heterocycles. The first-order valence-electron chi connectivity index (χ1n) is 6.05. The highest BCUT2D eigenvalue weighted by molar-refractivity contribution is 5.94. The summed E-state index contributed by atoms with van der Waals surface area (Å²) in [5.41, 5.74) is 11.9. The van der Waals surface area contributed by atoms with E-state index in [-0.39, 0.29) is 0 Å². The van der Waals surface area contributed by atoms with E-state index in [2.05, 4.69) is 23.1 Å². The molecular weight excluding hydrogens is 210 g/mol. The van der Waals surface area contributed by atoms with E-state index in [1.165, 1.54) is 23.4 Å². The summed E-state index contributed by atoms with van der Waals surface area (Å²) in [7, 11) is 4.08. The molecule has 2 N–H and O–H groups in total. The van der Waals surface area contributed by atoms with Gasteiger partial charge in [0.25, 0.3) is 0 Å². The van der Waals surface area contributed by atoms with Crippen LogP contribution in [0.25, 0.3) is 10.9 Å². The molecule has 0 amide bonds. The molecule has 1 heterocycles. The van der Waals surface area contributed by atoms with Crippen LogP contribution in [0, 0.1) is 0 Å². The van der Waals surface area contributed by atoms with Crippen molar-refractivity contribution >= 4 is 22.3 Å². The van der Waals surface area contributed by atoms with Crippen molar-refractivity contribution in [1.29, 1.82) is 0 Å². The molecule has 0 atom stereocenters. The van der Waals surface area contributed by atoms with Gasteiger partial charge in [0, 0.05) is 36.6 Å². The first kappa shape index (κ1) is 10.4. The van der Waals surface area contributed by atoms with Crippen LogP contribution in [-0.4, -0.2) is 19.1 Å². The Kier molecular flexibility index (Phi) is 2.21. The zero-order chi connectivity index (χ0) is 12.0. The molecule has 1 aromatic carbocycles. The molecule has 2 aromatic rings. The van der Waals surface area contributed by atoms with Gasteiger partial charge in [0.1, 0.15) is 0 Å². The van der Waals surface area contributed by atoms with Gasteiger partial charge in [-0.15, -0.1) is 0 Å². The number of nitrogen functional groups attached to an aromatic ring is 1. The minimum absolute atomic E-state index is 0.936. The van der Waals surface area contributed by atoms with Crippen molar-refractivity contribution < 1.29 is 0 Å². The van der Waals surface area contributed by atoms with Crippen molar-refractivity contribution in [3.63, 3.8) is 0 Å². The third-order valence-corrected chi connectivity index (χ3v) is 3.56. The summed E-state index contributed by atoms with van der Waals surface area (Å²) < 4.78 is 0. The van der Waals surface area contributed by atoms with Crippen LogP contribution >= 0.6 is 0 Å². The van der Waals surface area contributed by atoms with Crippen LogP contribution in [0.1, 0.15) is 17.7 Å². The fourth-order valence-electron chi connectivity index (χ4n) is 2.56. The van der Waals surface area contributed by atoms with Gasteiger partial charge in [0.2, 0.25) is 0 Å². The lowest BCUT2D eigenvalue weighted by Gasteiger charge is -2.15.